The maximum absolute atomic E-state index is 11.0. The van der Waals surface area contributed by atoms with Gasteiger partial charge in [0.25, 0.3) is 0 Å². The first kappa shape index (κ1) is 12.4. The second-order valence-corrected chi connectivity index (χ2v) is 5.91. The zero-order valence-electron chi connectivity index (χ0n) is 10.8. The van der Waals surface area contributed by atoms with E-state index in [4.69, 9.17) is 0 Å². The van der Waals surface area contributed by atoms with Crippen molar-refractivity contribution in [1.82, 2.24) is 5.32 Å². The summed E-state index contributed by atoms with van der Waals surface area (Å²) in [6.07, 6.45) is 7.48. The third-order valence-electron chi connectivity index (χ3n) is 5.08. The third kappa shape index (κ3) is 2.14. The highest BCUT2D eigenvalue weighted by Crippen LogP contribution is 2.44. The van der Waals surface area contributed by atoms with Crippen LogP contribution in [0.1, 0.15) is 52.4 Å². The highest BCUT2D eigenvalue weighted by molar-refractivity contribution is 4.98. The first-order valence-electron chi connectivity index (χ1n) is 7.11. The van der Waals surface area contributed by atoms with Gasteiger partial charge in [0.2, 0.25) is 0 Å². The van der Waals surface area contributed by atoms with Gasteiger partial charge in [0, 0.05) is 6.54 Å². The Morgan fingerprint density at radius 2 is 2.06 bits per heavy atom. The number of hydrogen-bond acceptors (Lipinski definition) is 2. The van der Waals surface area contributed by atoms with Crippen molar-refractivity contribution in [3.8, 4) is 0 Å². The molecule has 94 valence electrons. The third-order valence-corrected chi connectivity index (χ3v) is 5.08. The molecule has 1 saturated heterocycles. The van der Waals surface area contributed by atoms with E-state index in [0.717, 1.165) is 25.4 Å². The van der Waals surface area contributed by atoms with Crippen molar-refractivity contribution in [3.05, 3.63) is 0 Å². The average molecular weight is 225 g/mol. The van der Waals surface area contributed by atoms with Crippen molar-refractivity contribution in [2.24, 2.45) is 17.8 Å². The predicted molar refractivity (Wildman–Crippen MR) is 67.3 cm³/mol. The van der Waals surface area contributed by atoms with Gasteiger partial charge in [0.05, 0.1) is 5.60 Å². The molecule has 1 heterocycles. The Kier molecular flexibility index (Phi) is 3.91. The van der Waals surface area contributed by atoms with Crippen LogP contribution in [0.2, 0.25) is 0 Å². The molecule has 0 bridgehead atoms. The van der Waals surface area contributed by atoms with Crippen molar-refractivity contribution in [2.75, 3.05) is 13.1 Å². The Morgan fingerprint density at radius 1 is 1.31 bits per heavy atom. The first-order chi connectivity index (χ1) is 7.68. The van der Waals surface area contributed by atoms with Gasteiger partial charge in [-0.1, -0.05) is 39.5 Å². The highest BCUT2D eigenvalue weighted by atomic mass is 16.3. The van der Waals surface area contributed by atoms with Gasteiger partial charge in [-0.2, -0.15) is 0 Å². The summed E-state index contributed by atoms with van der Waals surface area (Å²) in [6, 6.07) is 0. The molecule has 0 amide bonds. The number of hydrogen-bond donors (Lipinski definition) is 2. The second kappa shape index (κ2) is 5.05. The van der Waals surface area contributed by atoms with Gasteiger partial charge in [0.1, 0.15) is 0 Å². The monoisotopic (exact) mass is 225 g/mol. The van der Waals surface area contributed by atoms with Gasteiger partial charge in [-0.3, -0.25) is 0 Å². The van der Waals surface area contributed by atoms with Crippen molar-refractivity contribution >= 4 is 0 Å². The Hall–Kier alpha value is -0.0800. The Bertz CT molecular complexity index is 231. The lowest BCUT2D eigenvalue weighted by Gasteiger charge is -2.49. The van der Waals surface area contributed by atoms with E-state index in [9.17, 15) is 5.11 Å². The topological polar surface area (TPSA) is 32.3 Å². The van der Waals surface area contributed by atoms with Gasteiger partial charge in [-0.05, 0) is 37.1 Å². The Balaban J connectivity index is 2.12. The normalized spacial score (nSPS) is 45.6. The molecular weight excluding hydrogens is 198 g/mol. The zero-order chi connectivity index (χ0) is 11.6. The smallest absolute Gasteiger partial charge is 0.0728 e. The molecule has 0 spiro atoms. The first-order valence-corrected chi connectivity index (χ1v) is 7.11. The minimum absolute atomic E-state index is 0.383. The van der Waals surface area contributed by atoms with Gasteiger partial charge < -0.3 is 10.4 Å². The number of aliphatic hydroxyl groups is 1. The molecule has 16 heavy (non-hydrogen) atoms. The van der Waals surface area contributed by atoms with Crippen LogP contribution in [0.15, 0.2) is 0 Å². The molecule has 0 aromatic carbocycles. The molecule has 4 unspecified atom stereocenters. The lowest BCUT2D eigenvalue weighted by molar-refractivity contribution is -0.111. The minimum Gasteiger partial charge on any atom is -0.389 e. The molecule has 2 rings (SSSR count). The molecule has 1 aliphatic heterocycles. The van der Waals surface area contributed by atoms with E-state index >= 15 is 0 Å². The van der Waals surface area contributed by atoms with Gasteiger partial charge in [0.15, 0.2) is 0 Å². The molecule has 1 saturated carbocycles. The molecular formula is C14H27NO. The fourth-order valence-electron chi connectivity index (χ4n) is 3.94. The van der Waals surface area contributed by atoms with E-state index in [0.29, 0.717) is 11.8 Å². The molecule has 2 aliphatic rings. The van der Waals surface area contributed by atoms with Crippen LogP contribution in [0.25, 0.3) is 0 Å². The van der Waals surface area contributed by atoms with Gasteiger partial charge in [-0.25, -0.2) is 0 Å². The second-order valence-electron chi connectivity index (χ2n) is 5.91. The van der Waals surface area contributed by atoms with E-state index in [2.05, 4.69) is 19.2 Å². The molecule has 2 nitrogen and oxygen atoms in total. The molecule has 4 atom stereocenters. The quantitative estimate of drug-likeness (QED) is 0.757. The summed E-state index contributed by atoms with van der Waals surface area (Å²) in [5.74, 6) is 1.74. The molecule has 2 N–H and O–H groups in total. The van der Waals surface area contributed by atoms with E-state index in [1.54, 1.807) is 0 Å². The SMILES string of the molecule is CCC1CCCCC1C1(O)CCNCC1C. The molecule has 2 heteroatoms. The summed E-state index contributed by atoms with van der Waals surface area (Å²) in [4.78, 5) is 0. The summed E-state index contributed by atoms with van der Waals surface area (Å²) < 4.78 is 0. The maximum Gasteiger partial charge on any atom is 0.0728 e. The summed E-state index contributed by atoms with van der Waals surface area (Å²) >= 11 is 0. The highest BCUT2D eigenvalue weighted by Gasteiger charge is 2.46. The van der Waals surface area contributed by atoms with Crippen LogP contribution in [0.4, 0.5) is 0 Å². The molecule has 1 aliphatic carbocycles. The van der Waals surface area contributed by atoms with Crippen molar-refractivity contribution in [2.45, 2.75) is 58.0 Å². The van der Waals surface area contributed by atoms with E-state index in [1.165, 1.54) is 32.1 Å². The predicted octanol–water partition coefficient (Wildman–Crippen LogP) is 2.56. The largest absolute Gasteiger partial charge is 0.389 e. The van der Waals surface area contributed by atoms with Crippen LogP contribution in [-0.4, -0.2) is 23.8 Å². The van der Waals surface area contributed by atoms with Gasteiger partial charge in [-0.15, -0.1) is 0 Å². The summed E-state index contributed by atoms with van der Waals surface area (Å²) in [7, 11) is 0. The van der Waals surface area contributed by atoms with Crippen molar-refractivity contribution < 1.29 is 5.11 Å². The van der Waals surface area contributed by atoms with E-state index < -0.39 is 0 Å². The van der Waals surface area contributed by atoms with Crippen LogP contribution in [0.5, 0.6) is 0 Å². The standard InChI is InChI=1S/C14H27NO/c1-3-12-6-4-5-7-13(12)14(16)8-9-15-10-11(14)2/h11-13,15-16H,3-10H2,1-2H3. The zero-order valence-corrected chi connectivity index (χ0v) is 10.8. The van der Waals surface area contributed by atoms with Gasteiger partial charge >= 0.3 is 0 Å². The van der Waals surface area contributed by atoms with Crippen molar-refractivity contribution in [3.63, 3.8) is 0 Å². The van der Waals surface area contributed by atoms with Crippen LogP contribution < -0.4 is 5.32 Å². The fourth-order valence-corrected chi connectivity index (χ4v) is 3.94. The average Bonchev–Trinajstić information content (AvgIpc) is 2.33. The number of piperidine rings is 1. The Morgan fingerprint density at radius 3 is 2.75 bits per heavy atom. The molecule has 0 radical (unpaired) electrons. The lowest BCUT2D eigenvalue weighted by Crippen LogP contribution is -2.55. The fraction of sp³-hybridized carbons (Fsp3) is 1.00. The summed E-state index contributed by atoms with van der Waals surface area (Å²) in [5, 5.41) is 14.4. The van der Waals surface area contributed by atoms with Crippen LogP contribution in [-0.2, 0) is 0 Å². The minimum atomic E-state index is -0.383. The van der Waals surface area contributed by atoms with E-state index in [-0.39, 0.29) is 5.60 Å². The van der Waals surface area contributed by atoms with Crippen molar-refractivity contribution in [1.29, 1.82) is 0 Å². The number of nitrogens with one attached hydrogen (secondary N) is 1. The molecule has 0 aromatic heterocycles. The van der Waals surface area contributed by atoms with Crippen LogP contribution in [0, 0.1) is 17.8 Å². The summed E-state index contributed by atoms with van der Waals surface area (Å²) in [6.45, 7) is 6.49. The maximum atomic E-state index is 11.0. The van der Waals surface area contributed by atoms with Crippen LogP contribution in [0.3, 0.4) is 0 Å². The lowest BCUT2D eigenvalue weighted by atomic mass is 9.63. The van der Waals surface area contributed by atoms with Crippen LogP contribution >= 0.6 is 0 Å². The Labute approximate surface area is 99.8 Å². The number of rotatable bonds is 2. The molecule has 0 aromatic rings. The van der Waals surface area contributed by atoms with E-state index in [1.807, 2.05) is 0 Å². The summed E-state index contributed by atoms with van der Waals surface area (Å²) in [5.41, 5.74) is -0.383. The molecule has 2 fully saturated rings.